The van der Waals surface area contributed by atoms with Crippen molar-refractivity contribution in [3.8, 4) is 0 Å². The van der Waals surface area contributed by atoms with Gasteiger partial charge in [-0.1, -0.05) is 13.8 Å². The van der Waals surface area contributed by atoms with E-state index in [9.17, 15) is 14.7 Å². The number of carboxylic acid groups (broad SMARTS) is 1. The molecule has 1 heterocycles. The Morgan fingerprint density at radius 3 is 2.27 bits per heavy atom. The Hall–Kier alpha value is -3.23. The second-order valence-corrected chi connectivity index (χ2v) is 6.18. The first-order chi connectivity index (χ1) is 12.3. The van der Waals surface area contributed by atoms with E-state index in [0.717, 1.165) is 0 Å². The monoisotopic (exact) mass is 358 g/mol. The summed E-state index contributed by atoms with van der Waals surface area (Å²) in [5, 5.41) is 17.8. The minimum atomic E-state index is -0.956. The summed E-state index contributed by atoms with van der Waals surface area (Å²) < 4.78 is 0. The highest BCUT2D eigenvalue weighted by molar-refractivity contribution is 5.88. The van der Waals surface area contributed by atoms with E-state index >= 15 is 0 Å². The number of aliphatic carboxylic acids is 1. The standard InChI is InChI=1S/C17H22N6O3/c1-10(2)8-14(15(25)26)22-17-19-9-18-16(23-17)21-13-6-4-12(5-7-13)20-11(3)24/h4-7,9-10,14H,8H2,1-3H3,(H,20,24)(H,25,26)(H2,18,19,21,22,23)/t14-/m0/s1. The molecule has 0 saturated heterocycles. The van der Waals surface area contributed by atoms with Gasteiger partial charge in [0.25, 0.3) is 0 Å². The second kappa shape index (κ2) is 8.75. The number of carbonyl (C=O) groups is 2. The van der Waals surface area contributed by atoms with Crippen molar-refractivity contribution in [3.63, 3.8) is 0 Å². The summed E-state index contributed by atoms with van der Waals surface area (Å²) >= 11 is 0. The third-order valence-corrected chi connectivity index (χ3v) is 3.34. The average molecular weight is 358 g/mol. The molecule has 4 N–H and O–H groups in total. The predicted molar refractivity (Wildman–Crippen MR) is 98.4 cm³/mol. The second-order valence-electron chi connectivity index (χ2n) is 6.18. The van der Waals surface area contributed by atoms with Gasteiger partial charge in [-0.2, -0.15) is 4.98 Å². The van der Waals surface area contributed by atoms with Crippen LogP contribution in [0.4, 0.5) is 23.3 Å². The Bertz CT molecular complexity index is 763. The molecule has 1 atom stereocenters. The number of hydrogen-bond acceptors (Lipinski definition) is 7. The number of benzene rings is 1. The van der Waals surface area contributed by atoms with Crippen LogP contribution in [0.5, 0.6) is 0 Å². The van der Waals surface area contributed by atoms with E-state index in [1.807, 2.05) is 13.8 Å². The molecule has 1 aromatic heterocycles. The number of anilines is 4. The van der Waals surface area contributed by atoms with Crippen molar-refractivity contribution >= 4 is 35.1 Å². The Kier molecular flexibility index (Phi) is 6.42. The Balaban J connectivity index is 2.06. The lowest BCUT2D eigenvalue weighted by Gasteiger charge is -2.16. The highest BCUT2D eigenvalue weighted by atomic mass is 16.4. The Labute approximate surface area is 151 Å². The molecule has 138 valence electrons. The van der Waals surface area contributed by atoms with Gasteiger partial charge in [-0.25, -0.2) is 14.8 Å². The molecule has 0 saturated carbocycles. The maximum absolute atomic E-state index is 11.3. The molecule has 0 spiro atoms. The van der Waals surface area contributed by atoms with E-state index in [0.29, 0.717) is 17.8 Å². The zero-order valence-electron chi connectivity index (χ0n) is 14.9. The van der Waals surface area contributed by atoms with Gasteiger partial charge in [-0.15, -0.1) is 0 Å². The van der Waals surface area contributed by atoms with E-state index in [2.05, 4.69) is 30.9 Å². The lowest BCUT2D eigenvalue weighted by molar-refractivity contribution is -0.138. The molecule has 26 heavy (non-hydrogen) atoms. The zero-order valence-corrected chi connectivity index (χ0v) is 14.9. The zero-order chi connectivity index (χ0) is 19.1. The molecular formula is C17H22N6O3. The molecule has 9 nitrogen and oxygen atoms in total. The summed E-state index contributed by atoms with van der Waals surface area (Å²) in [6, 6.07) is 6.24. The predicted octanol–water partition coefficient (Wildman–Crippen LogP) is 2.48. The van der Waals surface area contributed by atoms with Crippen molar-refractivity contribution in [2.45, 2.75) is 33.2 Å². The molecule has 0 bridgehead atoms. The number of nitrogens with one attached hydrogen (secondary N) is 3. The quantitative estimate of drug-likeness (QED) is 0.566. The van der Waals surface area contributed by atoms with E-state index in [4.69, 9.17) is 0 Å². The van der Waals surface area contributed by atoms with Crippen molar-refractivity contribution in [1.29, 1.82) is 0 Å². The summed E-state index contributed by atoms with van der Waals surface area (Å²) in [6.07, 6.45) is 1.76. The molecule has 2 rings (SSSR count). The fraction of sp³-hybridized carbons (Fsp3) is 0.353. The van der Waals surface area contributed by atoms with Gasteiger partial charge in [-0.05, 0) is 36.6 Å². The molecule has 9 heteroatoms. The summed E-state index contributed by atoms with van der Waals surface area (Å²) in [7, 11) is 0. The molecule has 1 aromatic carbocycles. The lowest BCUT2D eigenvalue weighted by atomic mass is 10.0. The summed E-state index contributed by atoms with van der Waals surface area (Å²) in [5.74, 6) is -0.422. The van der Waals surface area contributed by atoms with Gasteiger partial charge >= 0.3 is 5.97 Å². The fourth-order valence-electron chi connectivity index (χ4n) is 2.24. The first-order valence-corrected chi connectivity index (χ1v) is 8.16. The van der Waals surface area contributed by atoms with Crippen LogP contribution in [0.1, 0.15) is 27.2 Å². The molecular weight excluding hydrogens is 336 g/mol. The van der Waals surface area contributed by atoms with Gasteiger partial charge in [0.2, 0.25) is 17.8 Å². The number of amides is 1. The molecule has 0 fully saturated rings. The van der Waals surface area contributed by atoms with Crippen molar-refractivity contribution in [1.82, 2.24) is 15.0 Å². The average Bonchev–Trinajstić information content (AvgIpc) is 2.55. The normalized spacial score (nSPS) is 11.7. The van der Waals surface area contributed by atoms with Crippen LogP contribution < -0.4 is 16.0 Å². The summed E-state index contributed by atoms with van der Waals surface area (Å²) in [5.41, 5.74) is 1.40. The van der Waals surface area contributed by atoms with Crippen LogP contribution in [0.3, 0.4) is 0 Å². The Morgan fingerprint density at radius 2 is 1.69 bits per heavy atom. The van der Waals surface area contributed by atoms with E-state index in [1.54, 1.807) is 24.3 Å². The number of rotatable bonds is 8. The number of carboxylic acids is 1. The number of nitrogens with zero attached hydrogens (tertiary/aromatic N) is 3. The number of aromatic nitrogens is 3. The van der Waals surface area contributed by atoms with Crippen LogP contribution in [0.25, 0.3) is 0 Å². The summed E-state index contributed by atoms with van der Waals surface area (Å²) in [4.78, 5) is 34.6. The van der Waals surface area contributed by atoms with E-state index in [1.165, 1.54) is 13.3 Å². The van der Waals surface area contributed by atoms with E-state index in [-0.39, 0.29) is 23.7 Å². The first kappa shape index (κ1) is 19.1. The topological polar surface area (TPSA) is 129 Å². The maximum atomic E-state index is 11.3. The minimum Gasteiger partial charge on any atom is -0.480 e. The third kappa shape index (κ3) is 6.00. The minimum absolute atomic E-state index is 0.145. The van der Waals surface area contributed by atoms with Crippen LogP contribution in [-0.4, -0.2) is 38.0 Å². The number of hydrogen-bond donors (Lipinski definition) is 4. The lowest BCUT2D eigenvalue weighted by Crippen LogP contribution is -2.31. The van der Waals surface area contributed by atoms with Crippen molar-refractivity contribution in [2.75, 3.05) is 16.0 Å². The maximum Gasteiger partial charge on any atom is 0.326 e. The van der Waals surface area contributed by atoms with Gasteiger partial charge in [0.05, 0.1) is 0 Å². The SMILES string of the molecule is CC(=O)Nc1ccc(Nc2ncnc(N[C@@H](CC(C)C)C(=O)O)n2)cc1. The van der Waals surface area contributed by atoms with Crippen LogP contribution >= 0.6 is 0 Å². The van der Waals surface area contributed by atoms with Gasteiger partial charge in [0.15, 0.2) is 0 Å². The molecule has 0 unspecified atom stereocenters. The molecule has 0 aliphatic heterocycles. The Morgan fingerprint density at radius 1 is 1.08 bits per heavy atom. The van der Waals surface area contributed by atoms with Crippen LogP contribution in [0.15, 0.2) is 30.6 Å². The highest BCUT2D eigenvalue weighted by Crippen LogP contribution is 2.17. The number of carbonyl (C=O) groups excluding carboxylic acids is 1. The van der Waals surface area contributed by atoms with Crippen molar-refractivity contribution in [3.05, 3.63) is 30.6 Å². The van der Waals surface area contributed by atoms with Crippen LogP contribution in [0.2, 0.25) is 0 Å². The van der Waals surface area contributed by atoms with Gasteiger partial charge in [0, 0.05) is 18.3 Å². The fourth-order valence-corrected chi connectivity index (χ4v) is 2.24. The molecule has 0 aliphatic carbocycles. The van der Waals surface area contributed by atoms with Crippen LogP contribution in [-0.2, 0) is 9.59 Å². The van der Waals surface area contributed by atoms with Crippen LogP contribution in [0, 0.1) is 5.92 Å². The smallest absolute Gasteiger partial charge is 0.326 e. The van der Waals surface area contributed by atoms with E-state index < -0.39 is 12.0 Å². The molecule has 0 aliphatic rings. The molecule has 2 aromatic rings. The van der Waals surface area contributed by atoms with Crippen molar-refractivity contribution in [2.24, 2.45) is 5.92 Å². The first-order valence-electron chi connectivity index (χ1n) is 8.16. The third-order valence-electron chi connectivity index (χ3n) is 3.34. The van der Waals surface area contributed by atoms with Gasteiger partial charge in [0.1, 0.15) is 12.4 Å². The molecule has 1 amide bonds. The highest BCUT2D eigenvalue weighted by Gasteiger charge is 2.19. The van der Waals surface area contributed by atoms with Crippen molar-refractivity contribution < 1.29 is 14.7 Å². The van der Waals surface area contributed by atoms with Gasteiger partial charge in [-0.3, -0.25) is 4.79 Å². The van der Waals surface area contributed by atoms with Gasteiger partial charge < -0.3 is 21.1 Å². The largest absolute Gasteiger partial charge is 0.480 e. The molecule has 0 radical (unpaired) electrons. The summed E-state index contributed by atoms with van der Waals surface area (Å²) in [6.45, 7) is 5.33.